The van der Waals surface area contributed by atoms with Gasteiger partial charge in [0.1, 0.15) is 17.9 Å². The van der Waals surface area contributed by atoms with Gasteiger partial charge in [-0.25, -0.2) is 4.98 Å². The molecule has 0 atom stereocenters. The molecule has 0 aliphatic carbocycles. The first kappa shape index (κ1) is 10.6. The van der Waals surface area contributed by atoms with Crippen LogP contribution in [0.1, 0.15) is 0 Å². The first-order valence-corrected chi connectivity index (χ1v) is 4.77. The second kappa shape index (κ2) is 4.71. The monoisotopic (exact) mass is 223 g/mol. The van der Waals surface area contributed by atoms with Crippen molar-refractivity contribution in [2.75, 3.05) is 18.5 Å². The van der Waals surface area contributed by atoms with Crippen LogP contribution < -0.4 is 10.9 Å². The molecule has 0 saturated heterocycles. The van der Waals surface area contributed by atoms with Gasteiger partial charge in [-0.05, 0) is 22.7 Å². The summed E-state index contributed by atoms with van der Waals surface area (Å²) in [6, 6.07) is 5.26. The predicted octanol–water partition coefficient (Wildman–Crippen LogP) is 1.24. The lowest BCUT2D eigenvalue weighted by atomic mass is 10.2. The van der Waals surface area contributed by atoms with Crippen molar-refractivity contribution in [3.8, 4) is 0 Å². The summed E-state index contributed by atoms with van der Waals surface area (Å²) in [7, 11) is 0. The van der Waals surface area contributed by atoms with E-state index in [1.54, 1.807) is 24.4 Å². The molecule has 0 bridgehead atoms. The van der Waals surface area contributed by atoms with E-state index >= 15 is 0 Å². The Morgan fingerprint density at radius 3 is 3.12 bits per heavy atom. The Bertz CT molecular complexity index is 541. The normalized spacial score (nSPS) is 10.6. The van der Waals surface area contributed by atoms with Crippen molar-refractivity contribution in [3.63, 3.8) is 0 Å². The molecular formula is C10H10FN3O2. The van der Waals surface area contributed by atoms with Crippen LogP contribution in [0.4, 0.5) is 10.3 Å². The third-order valence-electron chi connectivity index (χ3n) is 2.10. The van der Waals surface area contributed by atoms with Crippen molar-refractivity contribution in [2.24, 2.45) is 0 Å². The Morgan fingerprint density at radius 2 is 2.31 bits per heavy atom. The van der Waals surface area contributed by atoms with E-state index in [4.69, 9.17) is 0 Å². The first-order valence-electron chi connectivity index (χ1n) is 4.77. The second-order valence-corrected chi connectivity index (χ2v) is 3.18. The van der Waals surface area contributed by atoms with Crippen LogP contribution in [0, 0.1) is 0 Å². The fourth-order valence-electron chi connectivity index (χ4n) is 1.38. The van der Waals surface area contributed by atoms with Crippen LogP contribution in [0.2, 0.25) is 0 Å². The number of aromatic amines is 1. The Kier molecular flexibility index (Phi) is 3.11. The molecule has 16 heavy (non-hydrogen) atoms. The molecule has 0 saturated carbocycles. The zero-order valence-corrected chi connectivity index (χ0v) is 8.37. The number of halogens is 1. The molecule has 2 rings (SSSR count). The summed E-state index contributed by atoms with van der Waals surface area (Å²) < 4.78 is 11.4. The van der Waals surface area contributed by atoms with Gasteiger partial charge in [-0.1, -0.05) is 0 Å². The minimum atomic E-state index is -0.247. The molecule has 0 spiro atoms. The minimum Gasteiger partial charge on any atom is -0.368 e. The van der Waals surface area contributed by atoms with Gasteiger partial charge in [0, 0.05) is 18.1 Å². The van der Waals surface area contributed by atoms with Gasteiger partial charge in [-0.3, -0.25) is 4.79 Å². The topological polar surface area (TPSA) is 67.0 Å². The van der Waals surface area contributed by atoms with Crippen LogP contribution in [0.5, 0.6) is 0 Å². The zero-order valence-electron chi connectivity index (χ0n) is 8.37. The highest BCUT2D eigenvalue weighted by Crippen LogP contribution is 2.10. The maximum Gasteiger partial charge on any atom is 0.274 e. The number of pyridine rings is 2. The highest BCUT2D eigenvalue weighted by atomic mass is 19.3. The van der Waals surface area contributed by atoms with E-state index in [0.29, 0.717) is 17.9 Å². The van der Waals surface area contributed by atoms with Gasteiger partial charge >= 0.3 is 0 Å². The summed E-state index contributed by atoms with van der Waals surface area (Å²) >= 11 is 0. The molecule has 0 aliphatic heterocycles. The van der Waals surface area contributed by atoms with Gasteiger partial charge in [0.2, 0.25) is 0 Å². The third-order valence-corrected chi connectivity index (χ3v) is 2.10. The summed E-state index contributed by atoms with van der Waals surface area (Å²) in [6.45, 7) is 0.227. The van der Waals surface area contributed by atoms with Crippen LogP contribution in [-0.2, 0) is 4.94 Å². The molecule has 2 aromatic heterocycles. The molecule has 0 unspecified atom stereocenters. The largest absolute Gasteiger partial charge is 0.368 e. The Hall–Kier alpha value is -1.95. The van der Waals surface area contributed by atoms with Gasteiger partial charge in [0.15, 0.2) is 0 Å². The van der Waals surface area contributed by atoms with Gasteiger partial charge in [-0.2, -0.15) is 4.94 Å². The fourth-order valence-corrected chi connectivity index (χ4v) is 1.38. The first-order chi connectivity index (χ1) is 7.81. The van der Waals surface area contributed by atoms with E-state index < -0.39 is 0 Å². The number of rotatable bonds is 4. The van der Waals surface area contributed by atoms with Gasteiger partial charge in [0.05, 0.1) is 0 Å². The highest BCUT2D eigenvalue weighted by molar-refractivity contribution is 5.78. The number of nitrogens with one attached hydrogen (secondary N) is 2. The average Bonchev–Trinajstić information content (AvgIpc) is 2.30. The summed E-state index contributed by atoms with van der Waals surface area (Å²) in [5, 5.41) is 3.60. The van der Waals surface area contributed by atoms with Crippen molar-refractivity contribution in [2.45, 2.75) is 0 Å². The molecule has 0 aromatic carbocycles. The maximum absolute atomic E-state index is 11.4. The quantitative estimate of drug-likeness (QED) is 0.765. The molecule has 6 heteroatoms. The van der Waals surface area contributed by atoms with E-state index in [1.807, 2.05) is 0 Å². The van der Waals surface area contributed by atoms with Crippen LogP contribution in [0.3, 0.4) is 0 Å². The molecule has 84 valence electrons. The van der Waals surface area contributed by atoms with E-state index in [1.165, 1.54) is 0 Å². The second-order valence-electron chi connectivity index (χ2n) is 3.18. The average molecular weight is 223 g/mol. The lowest BCUT2D eigenvalue weighted by Gasteiger charge is -2.04. The summed E-state index contributed by atoms with van der Waals surface area (Å²) in [6.07, 6.45) is 1.57. The summed E-state index contributed by atoms with van der Waals surface area (Å²) in [5.74, 6) is 0.515. The summed E-state index contributed by atoms with van der Waals surface area (Å²) in [4.78, 5) is 21.5. The zero-order chi connectivity index (χ0) is 11.4. The van der Waals surface area contributed by atoms with Crippen LogP contribution in [0.15, 0.2) is 29.2 Å². The van der Waals surface area contributed by atoms with E-state index in [-0.39, 0.29) is 12.2 Å². The number of anilines is 1. The van der Waals surface area contributed by atoms with E-state index in [9.17, 15) is 9.32 Å². The molecule has 0 amide bonds. The number of fused-ring (bicyclic) bond motifs is 1. The van der Waals surface area contributed by atoms with Crippen LogP contribution >= 0.6 is 0 Å². The minimum absolute atomic E-state index is 0.0646. The molecule has 0 aliphatic rings. The van der Waals surface area contributed by atoms with Crippen LogP contribution in [-0.4, -0.2) is 23.1 Å². The molecule has 0 radical (unpaired) electrons. The van der Waals surface area contributed by atoms with Gasteiger partial charge in [-0.15, -0.1) is 0 Å². The molecule has 2 heterocycles. The Morgan fingerprint density at radius 1 is 1.44 bits per heavy atom. The predicted molar refractivity (Wildman–Crippen MR) is 57.9 cm³/mol. The molecule has 5 nitrogen and oxygen atoms in total. The Balaban J connectivity index is 2.29. The van der Waals surface area contributed by atoms with Crippen molar-refractivity contribution >= 4 is 16.7 Å². The summed E-state index contributed by atoms with van der Waals surface area (Å²) in [5.41, 5.74) is 0.108. The number of aromatic nitrogens is 2. The van der Waals surface area contributed by atoms with Crippen LogP contribution in [0.25, 0.3) is 10.9 Å². The van der Waals surface area contributed by atoms with Crippen molar-refractivity contribution < 1.29 is 9.47 Å². The standard InChI is InChI=1S/C10H10FN3O2/c11-16-6-5-12-8-2-1-7-3-4-13-10(15)9(7)14-8/h1-4H,5-6H2,(H,12,14)(H,13,15). The van der Waals surface area contributed by atoms with Crippen molar-refractivity contribution in [1.82, 2.24) is 9.97 Å². The molecule has 2 N–H and O–H groups in total. The fraction of sp³-hybridized carbons (Fsp3) is 0.200. The maximum atomic E-state index is 11.4. The smallest absolute Gasteiger partial charge is 0.274 e. The van der Waals surface area contributed by atoms with Crippen molar-refractivity contribution in [1.29, 1.82) is 0 Å². The SMILES string of the molecule is O=c1[nH]ccc2ccc(NCCOF)nc12. The third kappa shape index (κ3) is 2.17. The van der Waals surface area contributed by atoms with Crippen molar-refractivity contribution in [3.05, 3.63) is 34.7 Å². The number of hydrogen-bond acceptors (Lipinski definition) is 4. The van der Waals surface area contributed by atoms with Gasteiger partial charge in [0.25, 0.3) is 5.56 Å². The molecule has 0 fully saturated rings. The number of nitrogens with zero attached hydrogens (tertiary/aromatic N) is 1. The molecule has 2 aromatic rings. The van der Waals surface area contributed by atoms with Gasteiger partial charge < -0.3 is 10.3 Å². The lowest BCUT2D eigenvalue weighted by molar-refractivity contribution is -0.127. The highest BCUT2D eigenvalue weighted by Gasteiger charge is 2.01. The molecular weight excluding hydrogens is 213 g/mol. The number of H-pyrrole nitrogens is 1. The number of hydrogen-bond donors (Lipinski definition) is 2. The lowest BCUT2D eigenvalue weighted by Crippen LogP contribution is -2.11. The van der Waals surface area contributed by atoms with E-state index in [2.05, 4.69) is 20.2 Å². The van der Waals surface area contributed by atoms with E-state index in [0.717, 1.165) is 5.39 Å². The Labute approximate surface area is 90.2 Å².